The van der Waals surface area contributed by atoms with Gasteiger partial charge in [-0.05, 0) is 55.3 Å². The van der Waals surface area contributed by atoms with E-state index in [4.69, 9.17) is 28.9 Å². The molecular weight excluding hydrogens is 429 g/mol. The smallest absolute Gasteiger partial charge is 0.234 e. The molecule has 0 spiro atoms. The first-order valence-corrected chi connectivity index (χ1v) is 11.1. The van der Waals surface area contributed by atoms with Crippen molar-refractivity contribution in [1.29, 1.82) is 0 Å². The molecule has 2 aromatic rings. The topological polar surface area (TPSA) is 75.4 Å². The number of amides is 2. The van der Waals surface area contributed by atoms with Crippen molar-refractivity contribution in [1.82, 2.24) is 4.90 Å². The molecule has 5 nitrogen and oxygen atoms in total. The monoisotopic (exact) mass is 451 g/mol. The van der Waals surface area contributed by atoms with Gasteiger partial charge in [0.25, 0.3) is 0 Å². The summed E-state index contributed by atoms with van der Waals surface area (Å²) < 4.78 is 0. The Morgan fingerprint density at radius 2 is 1.93 bits per heavy atom. The molecule has 0 aromatic heterocycles. The van der Waals surface area contributed by atoms with E-state index in [2.05, 4.69) is 10.2 Å². The van der Waals surface area contributed by atoms with Crippen molar-refractivity contribution in [2.24, 2.45) is 11.7 Å². The third kappa shape index (κ3) is 6.64. The second-order valence-electron chi connectivity index (χ2n) is 7.09. The van der Waals surface area contributed by atoms with Crippen LogP contribution in [0.3, 0.4) is 0 Å². The number of piperidine rings is 1. The summed E-state index contributed by atoms with van der Waals surface area (Å²) in [5, 5.41) is 4.05. The quantitative estimate of drug-likeness (QED) is 0.610. The number of thioether (sulfide) groups is 1. The molecule has 2 amide bonds. The molecule has 0 saturated carbocycles. The number of halogens is 2. The third-order valence-corrected chi connectivity index (χ3v) is 6.54. The second kappa shape index (κ2) is 10.3. The largest absolute Gasteiger partial charge is 0.369 e. The lowest BCUT2D eigenvalue weighted by Gasteiger charge is -2.31. The number of benzene rings is 2. The van der Waals surface area contributed by atoms with Gasteiger partial charge in [0.15, 0.2) is 0 Å². The zero-order valence-corrected chi connectivity index (χ0v) is 18.2. The minimum Gasteiger partial charge on any atom is -0.369 e. The number of hydrogen-bond donors (Lipinski definition) is 2. The lowest BCUT2D eigenvalue weighted by Crippen LogP contribution is -2.40. The van der Waals surface area contributed by atoms with Gasteiger partial charge in [0.2, 0.25) is 11.8 Å². The Hall–Kier alpha value is -1.73. The lowest BCUT2D eigenvalue weighted by atomic mass is 9.97. The van der Waals surface area contributed by atoms with E-state index in [9.17, 15) is 9.59 Å². The van der Waals surface area contributed by atoms with Crippen LogP contribution in [-0.4, -0.2) is 35.6 Å². The van der Waals surface area contributed by atoms with Gasteiger partial charge in [0.05, 0.1) is 16.7 Å². The zero-order chi connectivity index (χ0) is 20.8. The number of hydrogen-bond acceptors (Lipinski definition) is 4. The van der Waals surface area contributed by atoms with E-state index in [1.54, 1.807) is 18.2 Å². The number of anilines is 1. The van der Waals surface area contributed by atoms with E-state index in [0.717, 1.165) is 42.1 Å². The summed E-state index contributed by atoms with van der Waals surface area (Å²) in [6, 6.07) is 12.9. The van der Waals surface area contributed by atoms with Gasteiger partial charge in [-0.1, -0.05) is 35.3 Å². The maximum atomic E-state index is 12.2. The first kappa shape index (κ1) is 22.0. The van der Waals surface area contributed by atoms with E-state index in [1.165, 1.54) is 11.8 Å². The maximum absolute atomic E-state index is 12.2. The van der Waals surface area contributed by atoms with Crippen molar-refractivity contribution < 1.29 is 9.59 Å². The highest BCUT2D eigenvalue weighted by Gasteiger charge is 2.23. The molecule has 8 heteroatoms. The fourth-order valence-corrected chi connectivity index (χ4v) is 4.60. The molecule has 1 heterocycles. The molecule has 1 aliphatic rings. The summed E-state index contributed by atoms with van der Waals surface area (Å²) in [4.78, 5) is 26.7. The number of carbonyl (C=O) groups is 2. The average Bonchev–Trinajstić information content (AvgIpc) is 2.70. The van der Waals surface area contributed by atoms with Crippen LogP contribution in [0.15, 0.2) is 47.4 Å². The van der Waals surface area contributed by atoms with E-state index in [0.29, 0.717) is 16.6 Å². The molecule has 1 fully saturated rings. The SMILES string of the molecule is NC(=O)C1CCCN(Cc2ccc(NC(=O)CSc3cc(Cl)ccc3Cl)cc2)C1. The molecule has 1 atom stereocenters. The molecule has 1 aliphatic heterocycles. The van der Waals surface area contributed by atoms with Crippen LogP contribution >= 0.6 is 35.0 Å². The number of nitrogens with two attached hydrogens (primary N) is 1. The van der Waals surface area contributed by atoms with Gasteiger partial charge in [-0.3, -0.25) is 14.5 Å². The van der Waals surface area contributed by atoms with Crippen LogP contribution in [0, 0.1) is 5.92 Å². The normalized spacial score (nSPS) is 17.1. The summed E-state index contributed by atoms with van der Waals surface area (Å²) in [7, 11) is 0. The minimum absolute atomic E-state index is 0.0622. The Kier molecular flexibility index (Phi) is 7.84. The highest BCUT2D eigenvalue weighted by atomic mass is 35.5. The first-order valence-electron chi connectivity index (χ1n) is 9.39. The van der Waals surface area contributed by atoms with Crippen molar-refractivity contribution in [2.45, 2.75) is 24.3 Å². The van der Waals surface area contributed by atoms with Gasteiger partial charge in [0.1, 0.15) is 0 Å². The van der Waals surface area contributed by atoms with Crippen molar-refractivity contribution in [3.8, 4) is 0 Å². The Balaban J connectivity index is 1.49. The molecule has 1 unspecified atom stereocenters. The third-order valence-electron chi connectivity index (χ3n) is 4.80. The molecule has 0 radical (unpaired) electrons. The molecule has 0 bridgehead atoms. The Labute approximate surface area is 184 Å². The second-order valence-corrected chi connectivity index (χ2v) is 8.95. The van der Waals surface area contributed by atoms with Crippen molar-refractivity contribution in [2.75, 3.05) is 24.2 Å². The number of nitrogens with one attached hydrogen (secondary N) is 1. The summed E-state index contributed by atoms with van der Waals surface area (Å²) in [6.07, 6.45) is 1.85. The summed E-state index contributed by atoms with van der Waals surface area (Å²) >= 11 is 13.4. The standard InChI is InChI=1S/C21H23Cl2N3O2S/c22-16-5-8-18(23)19(10-16)29-13-20(27)25-17-6-3-14(4-7-17)11-26-9-1-2-15(12-26)21(24)28/h3-8,10,15H,1-2,9,11-13H2,(H2,24,28)(H,25,27). The highest BCUT2D eigenvalue weighted by molar-refractivity contribution is 8.00. The van der Waals surface area contributed by atoms with E-state index < -0.39 is 0 Å². The summed E-state index contributed by atoms with van der Waals surface area (Å²) in [5.41, 5.74) is 7.32. The maximum Gasteiger partial charge on any atom is 0.234 e. The van der Waals surface area contributed by atoms with Crippen LogP contribution in [-0.2, 0) is 16.1 Å². The number of carbonyl (C=O) groups excluding carboxylic acids is 2. The van der Waals surface area contributed by atoms with Gasteiger partial charge >= 0.3 is 0 Å². The van der Waals surface area contributed by atoms with Crippen LogP contribution in [0.1, 0.15) is 18.4 Å². The van der Waals surface area contributed by atoms with Gasteiger partial charge in [-0.15, -0.1) is 11.8 Å². The molecule has 3 rings (SSSR count). The molecular formula is C21H23Cl2N3O2S. The van der Waals surface area contributed by atoms with Crippen molar-refractivity contribution in [3.05, 3.63) is 58.1 Å². The Morgan fingerprint density at radius 1 is 1.17 bits per heavy atom. The number of primary amides is 1. The number of rotatable bonds is 7. The van der Waals surface area contributed by atoms with E-state index >= 15 is 0 Å². The predicted octanol–water partition coefficient (Wildman–Crippen LogP) is 4.42. The number of nitrogens with zero attached hydrogens (tertiary/aromatic N) is 1. The Bertz CT molecular complexity index is 877. The Morgan fingerprint density at radius 3 is 2.66 bits per heavy atom. The summed E-state index contributed by atoms with van der Waals surface area (Å²) in [5.74, 6) is -0.152. The van der Waals surface area contributed by atoms with Gasteiger partial charge in [0, 0.05) is 28.7 Å². The molecule has 1 saturated heterocycles. The van der Waals surface area contributed by atoms with Gasteiger partial charge < -0.3 is 11.1 Å². The lowest BCUT2D eigenvalue weighted by molar-refractivity contribution is -0.123. The highest BCUT2D eigenvalue weighted by Crippen LogP contribution is 2.30. The fraction of sp³-hybridized carbons (Fsp3) is 0.333. The van der Waals surface area contributed by atoms with Crippen LogP contribution in [0.2, 0.25) is 10.0 Å². The van der Waals surface area contributed by atoms with Crippen molar-refractivity contribution >= 4 is 52.5 Å². The molecule has 0 aliphatic carbocycles. The molecule has 2 aromatic carbocycles. The van der Waals surface area contributed by atoms with Crippen LogP contribution in [0.4, 0.5) is 5.69 Å². The van der Waals surface area contributed by atoms with Crippen LogP contribution in [0.25, 0.3) is 0 Å². The summed E-state index contributed by atoms with van der Waals surface area (Å²) in [6.45, 7) is 2.43. The predicted molar refractivity (Wildman–Crippen MR) is 119 cm³/mol. The van der Waals surface area contributed by atoms with Crippen molar-refractivity contribution in [3.63, 3.8) is 0 Å². The average molecular weight is 452 g/mol. The molecule has 3 N–H and O–H groups in total. The fourth-order valence-electron chi connectivity index (χ4n) is 3.31. The van der Waals surface area contributed by atoms with Crippen LogP contribution in [0.5, 0.6) is 0 Å². The zero-order valence-electron chi connectivity index (χ0n) is 15.9. The first-order chi connectivity index (χ1) is 13.9. The number of likely N-dealkylation sites (tertiary alicyclic amines) is 1. The van der Waals surface area contributed by atoms with E-state index in [-0.39, 0.29) is 23.5 Å². The minimum atomic E-state index is -0.218. The van der Waals surface area contributed by atoms with Crippen LogP contribution < -0.4 is 11.1 Å². The van der Waals surface area contributed by atoms with Gasteiger partial charge in [-0.25, -0.2) is 0 Å². The van der Waals surface area contributed by atoms with E-state index in [1.807, 2.05) is 24.3 Å². The molecule has 29 heavy (non-hydrogen) atoms. The van der Waals surface area contributed by atoms with Gasteiger partial charge in [-0.2, -0.15) is 0 Å². The molecule has 154 valence electrons.